The van der Waals surface area contributed by atoms with E-state index in [-0.39, 0.29) is 0 Å². The molecule has 0 heterocycles. The molecule has 1 N–H and O–H groups in total. The van der Waals surface area contributed by atoms with Gasteiger partial charge in [-0.05, 0) is 31.1 Å². The molecule has 0 saturated heterocycles. The lowest BCUT2D eigenvalue weighted by atomic mass is 10.2. The minimum Gasteiger partial charge on any atom is -0.494 e. The molecule has 0 amide bonds. The third-order valence-electron chi connectivity index (χ3n) is 2.11. The zero-order chi connectivity index (χ0) is 16.5. The average molecular weight is 308 g/mol. The molecule has 0 radical (unpaired) electrons. The summed E-state index contributed by atoms with van der Waals surface area (Å²) in [5.41, 5.74) is 1.10. The van der Waals surface area contributed by atoms with Crippen LogP contribution in [0, 0.1) is 0 Å². The van der Waals surface area contributed by atoms with Crippen molar-refractivity contribution >= 4 is 12.0 Å². The van der Waals surface area contributed by atoms with Crippen molar-refractivity contribution in [2.75, 3.05) is 6.61 Å². The predicted octanol–water partition coefficient (Wildman–Crippen LogP) is 6.29. The van der Waals surface area contributed by atoms with Gasteiger partial charge in [-0.1, -0.05) is 64.3 Å². The smallest absolute Gasteiger partial charge is 0.112 e. The van der Waals surface area contributed by atoms with Crippen LogP contribution in [-0.4, -0.2) is 11.2 Å². The lowest BCUT2D eigenvalue weighted by Gasteiger charge is -2.07. The summed E-state index contributed by atoms with van der Waals surface area (Å²) >= 11 is 0.673. The van der Waals surface area contributed by atoms with E-state index >= 15 is 0 Å². The fraction of sp³-hybridized carbons (Fsp3) is 0.333. The van der Waals surface area contributed by atoms with Gasteiger partial charge < -0.3 is 9.29 Å². The molecule has 0 aromatic carbocycles. The molecule has 3 heteroatoms. The molecule has 118 valence electrons. The van der Waals surface area contributed by atoms with Crippen LogP contribution < -0.4 is 0 Å². The molecular formula is C18H28O2S. The Morgan fingerprint density at radius 2 is 1.90 bits per heavy atom. The number of hydrogen-bond acceptors (Lipinski definition) is 3. The van der Waals surface area contributed by atoms with Gasteiger partial charge in [0.15, 0.2) is 0 Å². The van der Waals surface area contributed by atoms with E-state index in [1.54, 1.807) is 24.3 Å². The van der Waals surface area contributed by atoms with Gasteiger partial charge in [0.1, 0.15) is 6.61 Å². The molecule has 0 rings (SSSR count). The molecular weight excluding hydrogens is 280 g/mol. The van der Waals surface area contributed by atoms with Crippen LogP contribution in [0.4, 0.5) is 0 Å². The highest BCUT2D eigenvalue weighted by molar-refractivity contribution is 7.97. The van der Waals surface area contributed by atoms with E-state index in [0.29, 0.717) is 23.6 Å². The zero-order valence-electron chi connectivity index (χ0n) is 13.6. The fourth-order valence-electron chi connectivity index (χ4n) is 1.29. The highest BCUT2D eigenvalue weighted by Crippen LogP contribution is 2.16. The number of hydrogen-bond donors (Lipinski definition) is 1. The lowest BCUT2D eigenvalue weighted by Crippen LogP contribution is -1.95. The molecule has 0 bridgehead atoms. The topological polar surface area (TPSA) is 29.5 Å². The summed E-state index contributed by atoms with van der Waals surface area (Å²) in [5, 5.41) is 0. The third-order valence-corrected chi connectivity index (χ3v) is 2.58. The van der Waals surface area contributed by atoms with Crippen LogP contribution in [0.1, 0.15) is 34.1 Å². The van der Waals surface area contributed by atoms with Crippen molar-refractivity contribution in [2.45, 2.75) is 34.1 Å². The Bertz CT molecular complexity index is 401. The molecule has 0 aromatic heterocycles. The number of ether oxygens (including phenoxy) is 1. The first kappa shape index (κ1) is 21.8. The van der Waals surface area contributed by atoms with Gasteiger partial charge in [-0.2, -0.15) is 0 Å². The molecule has 0 fully saturated rings. The van der Waals surface area contributed by atoms with Crippen molar-refractivity contribution in [3.8, 4) is 0 Å². The van der Waals surface area contributed by atoms with Crippen LogP contribution >= 0.6 is 12.0 Å². The van der Waals surface area contributed by atoms with Gasteiger partial charge >= 0.3 is 0 Å². The minimum atomic E-state index is 0.498. The highest BCUT2D eigenvalue weighted by atomic mass is 32.2. The van der Waals surface area contributed by atoms with Crippen LogP contribution in [0.3, 0.4) is 0 Å². The first-order valence-corrected chi connectivity index (χ1v) is 7.88. The van der Waals surface area contributed by atoms with Gasteiger partial charge in [0.05, 0.1) is 5.76 Å². The van der Waals surface area contributed by atoms with Crippen LogP contribution in [0.25, 0.3) is 0 Å². The molecule has 0 aliphatic rings. The van der Waals surface area contributed by atoms with Gasteiger partial charge in [-0.3, -0.25) is 0 Å². The Balaban J connectivity index is 0. The summed E-state index contributed by atoms with van der Waals surface area (Å²) in [6, 6.07) is 0. The zero-order valence-corrected chi connectivity index (χ0v) is 14.5. The van der Waals surface area contributed by atoms with Crippen LogP contribution in [-0.2, 0) is 4.74 Å². The summed E-state index contributed by atoms with van der Waals surface area (Å²) in [7, 11) is 0. The van der Waals surface area contributed by atoms with Crippen molar-refractivity contribution in [1.82, 2.24) is 0 Å². The first-order chi connectivity index (χ1) is 10.2. The maximum Gasteiger partial charge on any atom is 0.112 e. The van der Waals surface area contributed by atoms with Gasteiger partial charge in [-0.15, -0.1) is 0 Å². The number of allylic oxidation sites excluding steroid dienone is 7. The molecule has 2 nitrogen and oxygen atoms in total. The van der Waals surface area contributed by atoms with E-state index in [1.165, 1.54) is 0 Å². The molecule has 0 aliphatic heterocycles. The molecule has 0 saturated carbocycles. The summed E-state index contributed by atoms with van der Waals surface area (Å²) < 4.78 is 14.7. The maximum atomic E-state index is 9.05. The number of rotatable bonds is 9. The fourth-order valence-corrected chi connectivity index (χ4v) is 1.66. The van der Waals surface area contributed by atoms with Crippen molar-refractivity contribution in [1.29, 1.82) is 0 Å². The van der Waals surface area contributed by atoms with E-state index in [1.807, 2.05) is 32.9 Å². The second-order valence-electron chi connectivity index (χ2n) is 3.72. The maximum absolute atomic E-state index is 9.05. The van der Waals surface area contributed by atoms with E-state index in [4.69, 9.17) is 9.29 Å². The summed E-state index contributed by atoms with van der Waals surface area (Å²) in [6.45, 7) is 15.7. The quantitative estimate of drug-likeness (QED) is 0.308. The van der Waals surface area contributed by atoms with Crippen LogP contribution in [0.2, 0.25) is 0 Å². The van der Waals surface area contributed by atoms with E-state index in [2.05, 4.69) is 26.2 Å². The van der Waals surface area contributed by atoms with Crippen LogP contribution in [0.5, 0.6) is 0 Å². The van der Waals surface area contributed by atoms with Crippen molar-refractivity contribution < 1.29 is 9.29 Å². The van der Waals surface area contributed by atoms with E-state index in [0.717, 1.165) is 17.8 Å². The summed E-state index contributed by atoms with van der Waals surface area (Å²) in [6.07, 6.45) is 13.8. The minimum absolute atomic E-state index is 0.498. The van der Waals surface area contributed by atoms with Crippen LogP contribution in [0.15, 0.2) is 71.9 Å². The lowest BCUT2D eigenvalue weighted by molar-refractivity contribution is 0.244. The van der Waals surface area contributed by atoms with E-state index < -0.39 is 0 Å². The summed E-state index contributed by atoms with van der Waals surface area (Å²) in [5.74, 6) is 0.739. The normalized spacial score (nSPS) is 12.7. The monoisotopic (exact) mass is 308 g/mol. The molecule has 0 spiro atoms. The van der Waals surface area contributed by atoms with Gasteiger partial charge in [0.2, 0.25) is 0 Å². The Hall–Kier alpha value is -1.45. The third kappa shape index (κ3) is 13.3. The molecule has 0 aromatic rings. The van der Waals surface area contributed by atoms with Crippen molar-refractivity contribution in [3.63, 3.8) is 0 Å². The predicted molar refractivity (Wildman–Crippen MR) is 97.3 cm³/mol. The highest BCUT2D eigenvalue weighted by Gasteiger charge is 1.97. The van der Waals surface area contributed by atoms with Gasteiger partial charge in [-0.25, -0.2) is 0 Å². The standard InChI is InChI=1S/C16H22O2S.C2H6/c1-5-8-11-15(9-6-2)13-18-14(4)12-16(19-17)10-7-3;1-2/h5,7-12,17H,1,3,6,13H2,2,4H3;1-2H3/b11-8-,14-12+,15-9+,16-10+;. The Labute approximate surface area is 134 Å². The van der Waals surface area contributed by atoms with Crippen molar-refractivity contribution in [2.24, 2.45) is 0 Å². The van der Waals surface area contributed by atoms with Gasteiger partial charge in [0.25, 0.3) is 0 Å². The average Bonchev–Trinajstić information content (AvgIpc) is 2.51. The Morgan fingerprint density at radius 1 is 1.24 bits per heavy atom. The SMILES string of the molecule is C=C/C=C\C(=C/CC)CO/C(C)=C/C(=C\C=C)SO.CC. The van der Waals surface area contributed by atoms with Crippen molar-refractivity contribution in [3.05, 3.63) is 71.9 Å². The molecule has 0 unspecified atom stereocenters. The van der Waals surface area contributed by atoms with E-state index in [9.17, 15) is 0 Å². The second-order valence-corrected chi connectivity index (χ2v) is 4.38. The molecule has 0 atom stereocenters. The first-order valence-electron chi connectivity index (χ1n) is 7.11. The summed E-state index contributed by atoms with van der Waals surface area (Å²) in [4.78, 5) is 0.690. The largest absolute Gasteiger partial charge is 0.494 e. The Morgan fingerprint density at radius 3 is 2.38 bits per heavy atom. The van der Waals surface area contributed by atoms with Gasteiger partial charge in [0, 0.05) is 16.9 Å². The second kappa shape index (κ2) is 16.6. The molecule has 0 aliphatic carbocycles. The molecule has 21 heavy (non-hydrogen) atoms. The Kier molecular flexibility index (Phi) is 17.3.